The van der Waals surface area contributed by atoms with Crippen LogP contribution in [0.1, 0.15) is 38.3 Å². The van der Waals surface area contributed by atoms with E-state index in [1.165, 1.54) is 37.8 Å². The number of aromatic amines is 2. The number of nitrogens with one attached hydrogen (secondary N) is 3. The Morgan fingerprint density at radius 1 is 1.07 bits per heavy atom. The second-order valence-electron chi connectivity index (χ2n) is 10.5. The lowest BCUT2D eigenvalue weighted by atomic mass is 10.0. The molecule has 0 atom stereocenters. The van der Waals surface area contributed by atoms with E-state index in [-0.39, 0.29) is 5.82 Å². The van der Waals surface area contributed by atoms with E-state index in [2.05, 4.69) is 50.3 Å². The first-order chi connectivity index (χ1) is 19.6. The molecule has 7 heteroatoms. The van der Waals surface area contributed by atoms with Gasteiger partial charge in [0.1, 0.15) is 11.5 Å². The lowest BCUT2D eigenvalue weighted by molar-refractivity contribution is 0.503. The Morgan fingerprint density at radius 2 is 1.93 bits per heavy atom. The van der Waals surface area contributed by atoms with Crippen molar-refractivity contribution in [1.29, 1.82) is 0 Å². The molecule has 6 nitrogen and oxygen atoms in total. The number of aromatic nitrogens is 5. The number of halogens is 1. The van der Waals surface area contributed by atoms with Crippen molar-refractivity contribution in [3.8, 4) is 22.6 Å². The van der Waals surface area contributed by atoms with E-state index in [0.29, 0.717) is 0 Å². The van der Waals surface area contributed by atoms with Gasteiger partial charge in [-0.1, -0.05) is 43.7 Å². The molecule has 0 spiro atoms. The Bertz CT molecular complexity index is 1730. The van der Waals surface area contributed by atoms with Crippen LogP contribution in [-0.2, 0) is 0 Å². The van der Waals surface area contributed by atoms with Crippen molar-refractivity contribution in [1.82, 2.24) is 30.5 Å². The number of hydrogen-bond acceptors (Lipinski definition) is 4. The van der Waals surface area contributed by atoms with Crippen LogP contribution in [0.15, 0.2) is 85.2 Å². The zero-order valence-electron chi connectivity index (χ0n) is 22.7. The third kappa shape index (κ3) is 5.25. The molecule has 0 unspecified atom stereocenters. The normalized spacial score (nSPS) is 14.9. The number of allylic oxidation sites excluding steroid dienone is 3. The molecule has 1 aliphatic carbocycles. The number of benzene rings is 1. The first-order valence-electron chi connectivity index (χ1n) is 13.9. The summed E-state index contributed by atoms with van der Waals surface area (Å²) >= 11 is 0. The first kappa shape index (κ1) is 25.9. The summed E-state index contributed by atoms with van der Waals surface area (Å²) in [4.78, 5) is 12.8. The zero-order valence-corrected chi connectivity index (χ0v) is 22.7. The SMILES string of the molecule is C=C/C(=C\C(=C/C)c1cc2c(-c3cc4c(-c5cccc(F)c5)nccc4[nH]3)n[nH]c2cn1)CNCC1CCCC1. The van der Waals surface area contributed by atoms with Gasteiger partial charge in [0.15, 0.2) is 0 Å². The molecule has 4 aromatic heterocycles. The fourth-order valence-corrected chi connectivity index (χ4v) is 5.65. The number of nitrogens with zero attached hydrogens (tertiary/aromatic N) is 3. The van der Waals surface area contributed by atoms with Crippen molar-refractivity contribution >= 4 is 27.4 Å². The van der Waals surface area contributed by atoms with E-state index < -0.39 is 0 Å². The highest BCUT2D eigenvalue weighted by Gasteiger charge is 2.16. The number of H-pyrrole nitrogens is 2. The molecule has 0 saturated heterocycles. The molecule has 0 bridgehead atoms. The number of fused-ring (bicyclic) bond motifs is 2. The standard InChI is InChI=1S/C33H33FN6/c1-3-21(18-35-19-22-8-5-6-9-22)14-23(4-2)29-16-27-31(20-37-29)39-40-33(27)30-17-26-28(38-30)12-13-36-32(26)24-10-7-11-25(34)15-24/h3-4,7,10-17,20,22,35,38H,1,5-6,8-9,18-19H2,2H3,(H,39,40)/b21-14+,23-4+. The number of hydrogen-bond donors (Lipinski definition) is 3. The summed E-state index contributed by atoms with van der Waals surface area (Å²) in [5.41, 5.74) is 7.89. The van der Waals surface area contributed by atoms with Crippen molar-refractivity contribution in [3.05, 3.63) is 96.7 Å². The molecule has 1 saturated carbocycles. The maximum absolute atomic E-state index is 13.9. The second-order valence-corrected chi connectivity index (χ2v) is 10.5. The molecule has 0 radical (unpaired) electrons. The maximum Gasteiger partial charge on any atom is 0.123 e. The van der Waals surface area contributed by atoms with Crippen LogP contribution in [-0.4, -0.2) is 38.2 Å². The molecule has 0 aliphatic heterocycles. The van der Waals surface area contributed by atoms with E-state index in [9.17, 15) is 4.39 Å². The van der Waals surface area contributed by atoms with Crippen LogP contribution in [0.2, 0.25) is 0 Å². The topological polar surface area (TPSA) is 82.3 Å². The predicted molar refractivity (Wildman–Crippen MR) is 161 cm³/mol. The lowest BCUT2D eigenvalue weighted by Crippen LogP contribution is -2.23. The summed E-state index contributed by atoms with van der Waals surface area (Å²) in [5.74, 6) is 0.504. The van der Waals surface area contributed by atoms with Gasteiger partial charge in [0, 0.05) is 34.6 Å². The van der Waals surface area contributed by atoms with Gasteiger partial charge in [-0.25, -0.2) is 4.39 Å². The van der Waals surface area contributed by atoms with Gasteiger partial charge in [0.05, 0.1) is 28.8 Å². The quantitative estimate of drug-likeness (QED) is 0.171. The van der Waals surface area contributed by atoms with Crippen LogP contribution in [0.25, 0.3) is 50.0 Å². The van der Waals surface area contributed by atoms with Gasteiger partial charge < -0.3 is 10.3 Å². The van der Waals surface area contributed by atoms with Gasteiger partial charge in [-0.3, -0.25) is 15.1 Å². The first-order valence-corrected chi connectivity index (χ1v) is 13.9. The van der Waals surface area contributed by atoms with Crippen LogP contribution >= 0.6 is 0 Å². The average Bonchev–Trinajstić information content (AvgIpc) is 3.74. The van der Waals surface area contributed by atoms with Crippen molar-refractivity contribution < 1.29 is 4.39 Å². The highest BCUT2D eigenvalue weighted by Crippen LogP contribution is 2.34. The van der Waals surface area contributed by atoms with Crippen molar-refractivity contribution in [2.45, 2.75) is 32.6 Å². The summed E-state index contributed by atoms with van der Waals surface area (Å²) in [7, 11) is 0. The molecule has 40 heavy (non-hydrogen) atoms. The lowest BCUT2D eigenvalue weighted by Gasteiger charge is -2.11. The van der Waals surface area contributed by atoms with Crippen molar-refractivity contribution in [2.24, 2.45) is 5.92 Å². The highest BCUT2D eigenvalue weighted by molar-refractivity contribution is 6.00. The average molecular weight is 533 g/mol. The van der Waals surface area contributed by atoms with Gasteiger partial charge in [-0.2, -0.15) is 5.10 Å². The Hall–Kier alpha value is -4.36. The molecule has 4 heterocycles. The van der Waals surface area contributed by atoms with Gasteiger partial charge in [-0.15, -0.1) is 0 Å². The van der Waals surface area contributed by atoms with E-state index in [1.54, 1.807) is 12.3 Å². The number of rotatable bonds is 9. The highest BCUT2D eigenvalue weighted by atomic mass is 19.1. The maximum atomic E-state index is 13.9. The summed E-state index contributed by atoms with van der Waals surface area (Å²) in [5, 5.41) is 13.2. The smallest absolute Gasteiger partial charge is 0.123 e. The summed E-state index contributed by atoms with van der Waals surface area (Å²) in [6.07, 6.45) is 15.1. The minimum absolute atomic E-state index is 0.288. The monoisotopic (exact) mass is 532 g/mol. The van der Waals surface area contributed by atoms with E-state index >= 15 is 0 Å². The second kappa shape index (κ2) is 11.4. The van der Waals surface area contributed by atoms with Gasteiger partial charge in [0.25, 0.3) is 0 Å². The molecule has 5 aromatic rings. The molecule has 202 valence electrons. The molecule has 1 aliphatic rings. The molecular formula is C33H33FN6. The van der Waals surface area contributed by atoms with E-state index in [1.807, 2.05) is 37.4 Å². The van der Waals surface area contributed by atoms with Crippen LogP contribution in [0.4, 0.5) is 4.39 Å². The molecular weight excluding hydrogens is 499 g/mol. The van der Waals surface area contributed by atoms with Crippen molar-refractivity contribution in [3.63, 3.8) is 0 Å². The van der Waals surface area contributed by atoms with Crippen molar-refractivity contribution in [2.75, 3.05) is 13.1 Å². The molecule has 0 amide bonds. The predicted octanol–water partition coefficient (Wildman–Crippen LogP) is 7.60. The van der Waals surface area contributed by atoms with Gasteiger partial charge >= 0.3 is 0 Å². The Kier molecular flexibility index (Phi) is 7.38. The minimum Gasteiger partial charge on any atom is -0.353 e. The van der Waals surface area contributed by atoms with Crippen LogP contribution in [0.3, 0.4) is 0 Å². The largest absolute Gasteiger partial charge is 0.353 e. The fourth-order valence-electron chi connectivity index (χ4n) is 5.65. The molecule has 6 rings (SSSR count). The Morgan fingerprint density at radius 3 is 2.73 bits per heavy atom. The van der Waals surface area contributed by atoms with E-state index in [4.69, 9.17) is 4.98 Å². The fraction of sp³-hybridized carbons (Fsp3) is 0.242. The minimum atomic E-state index is -0.288. The van der Waals surface area contributed by atoms with Crippen LogP contribution in [0, 0.1) is 11.7 Å². The summed E-state index contributed by atoms with van der Waals surface area (Å²) < 4.78 is 13.9. The molecule has 3 N–H and O–H groups in total. The summed E-state index contributed by atoms with van der Waals surface area (Å²) in [6, 6.07) is 12.5. The third-order valence-corrected chi connectivity index (χ3v) is 7.80. The number of pyridine rings is 2. The van der Waals surface area contributed by atoms with Gasteiger partial charge in [-0.05, 0) is 79.8 Å². The molecule has 1 aromatic carbocycles. The van der Waals surface area contributed by atoms with E-state index in [0.717, 1.165) is 80.3 Å². The molecule has 1 fully saturated rings. The van der Waals surface area contributed by atoms with Crippen LogP contribution in [0.5, 0.6) is 0 Å². The van der Waals surface area contributed by atoms with Gasteiger partial charge in [0.2, 0.25) is 0 Å². The zero-order chi connectivity index (χ0) is 27.5. The Balaban J connectivity index is 1.31. The third-order valence-electron chi connectivity index (χ3n) is 7.80. The summed E-state index contributed by atoms with van der Waals surface area (Å²) in [6.45, 7) is 7.91. The Labute approximate surface area is 233 Å². The van der Waals surface area contributed by atoms with Crippen LogP contribution < -0.4 is 5.32 Å².